The fraction of sp³-hybridized carbons (Fsp3) is 0.238. The van der Waals surface area contributed by atoms with Crippen LogP contribution in [0.3, 0.4) is 0 Å². The second kappa shape index (κ2) is 10.6. The smallest absolute Gasteiger partial charge is 0.271 e. The zero-order valence-electron chi connectivity index (χ0n) is 17.2. The maximum atomic E-state index is 12.3. The molecule has 0 saturated heterocycles. The highest BCUT2D eigenvalue weighted by molar-refractivity contribution is 6.06. The number of nitrogens with one attached hydrogen (secondary N) is 3. The van der Waals surface area contributed by atoms with Gasteiger partial charge in [0.1, 0.15) is 0 Å². The van der Waals surface area contributed by atoms with Gasteiger partial charge in [0.05, 0.1) is 20.6 Å². The molecule has 0 unspecified atom stereocenters. The molecule has 9 nitrogen and oxygen atoms in total. The molecule has 0 heterocycles. The average Bonchev–Trinajstić information content (AvgIpc) is 2.72. The van der Waals surface area contributed by atoms with Crippen molar-refractivity contribution in [3.05, 3.63) is 48.0 Å². The van der Waals surface area contributed by atoms with Crippen LogP contribution in [-0.2, 0) is 9.59 Å². The quantitative estimate of drug-likeness (QED) is 0.455. The van der Waals surface area contributed by atoms with Crippen LogP contribution in [0.2, 0.25) is 0 Å². The molecule has 0 spiro atoms. The third-order valence-electron chi connectivity index (χ3n) is 3.90. The van der Waals surface area contributed by atoms with Crippen LogP contribution in [0.1, 0.15) is 30.6 Å². The number of hydrogen-bond acceptors (Lipinski definition) is 6. The Morgan fingerprint density at radius 1 is 0.867 bits per heavy atom. The van der Waals surface area contributed by atoms with Crippen LogP contribution in [0, 0.1) is 0 Å². The molecule has 2 rings (SSSR count). The minimum absolute atomic E-state index is 0.000336. The number of ether oxygens (including phenoxy) is 2. The topological polar surface area (TPSA) is 118 Å². The molecule has 0 aliphatic carbocycles. The predicted molar refractivity (Wildman–Crippen MR) is 114 cm³/mol. The first-order valence-electron chi connectivity index (χ1n) is 9.05. The number of carbonyl (C=O) groups excluding carboxylic acids is 3. The lowest BCUT2D eigenvalue weighted by Crippen LogP contribution is -2.21. The second-order valence-electron chi connectivity index (χ2n) is 6.34. The van der Waals surface area contributed by atoms with Crippen molar-refractivity contribution in [1.82, 2.24) is 5.43 Å². The molecular formula is C21H24N4O5. The number of amides is 3. The lowest BCUT2D eigenvalue weighted by molar-refractivity contribution is -0.115. The number of hydrogen-bond donors (Lipinski definition) is 3. The number of benzene rings is 2. The molecule has 30 heavy (non-hydrogen) atoms. The van der Waals surface area contributed by atoms with Crippen molar-refractivity contribution in [1.29, 1.82) is 0 Å². The SMILES string of the molecule is COc1ccc(C(=O)N/N=C(/C)CC(=O)Nc2ccc(NC(C)=O)cc2)cc1OC. The number of anilines is 2. The zero-order chi connectivity index (χ0) is 22.1. The second-order valence-corrected chi connectivity index (χ2v) is 6.34. The highest BCUT2D eigenvalue weighted by Gasteiger charge is 2.11. The summed E-state index contributed by atoms with van der Waals surface area (Å²) in [5.41, 5.74) is 4.40. The van der Waals surface area contributed by atoms with Gasteiger partial charge in [0.2, 0.25) is 11.8 Å². The van der Waals surface area contributed by atoms with Gasteiger partial charge < -0.3 is 20.1 Å². The molecule has 9 heteroatoms. The van der Waals surface area contributed by atoms with Crippen LogP contribution in [0.4, 0.5) is 11.4 Å². The summed E-state index contributed by atoms with van der Waals surface area (Å²) in [5.74, 6) is 0.0344. The fourth-order valence-corrected chi connectivity index (χ4v) is 2.51. The maximum absolute atomic E-state index is 12.3. The van der Waals surface area contributed by atoms with Crippen molar-refractivity contribution in [3.8, 4) is 11.5 Å². The molecule has 0 atom stereocenters. The van der Waals surface area contributed by atoms with Gasteiger partial charge in [-0.15, -0.1) is 0 Å². The van der Waals surface area contributed by atoms with E-state index in [2.05, 4.69) is 21.2 Å². The van der Waals surface area contributed by atoms with Gasteiger partial charge in [0, 0.05) is 29.6 Å². The fourth-order valence-electron chi connectivity index (χ4n) is 2.51. The van der Waals surface area contributed by atoms with Crippen molar-refractivity contribution in [2.24, 2.45) is 5.10 Å². The molecule has 2 aromatic rings. The molecule has 0 fully saturated rings. The highest BCUT2D eigenvalue weighted by atomic mass is 16.5. The molecule has 0 aromatic heterocycles. The van der Waals surface area contributed by atoms with Gasteiger partial charge in [-0.2, -0.15) is 5.10 Å². The first kappa shape index (κ1) is 22.4. The summed E-state index contributed by atoms with van der Waals surface area (Å²) in [6.07, 6.45) is -0.000336. The first-order valence-corrected chi connectivity index (χ1v) is 9.05. The molecule has 0 aliphatic heterocycles. The van der Waals surface area contributed by atoms with Crippen molar-refractivity contribution in [2.75, 3.05) is 24.9 Å². The van der Waals surface area contributed by atoms with E-state index in [9.17, 15) is 14.4 Å². The maximum Gasteiger partial charge on any atom is 0.271 e. The van der Waals surface area contributed by atoms with Crippen LogP contribution < -0.4 is 25.5 Å². The number of carbonyl (C=O) groups is 3. The van der Waals surface area contributed by atoms with Gasteiger partial charge in [-0.05, 0) is 49.4 Å². The Balaban J connectivity index is 1.90. The Kier molecular flexibility index (Phi) is 7.92. The summed E-state index contributed by atoms with van der Waals surface area (Å²) in [4.78, 5) is 35.4. The molecular weight excluding hydrogens is 388 g/mol. The van der Waals surface area contributed by atoms with Crippen molar-refractivity contribution < 1.29 is 23.9 Å². The van der Waals surface area contributed by atoms with Crippen molar-refractivity contribution in [3.63, 3.8) is 0 Å². The minimum atomic E-state index is -0.440. The Morgan fingerprint density at radius 3 is 2.03 bits per heavy atom. The van der Waals surface area contributed by atoms with Gasteiger partial charge in [0.15, 0.2) is 11.5 Å². The third kappa shape index (κ3) is 6.62. The number of hydrazone groups is 1. The molecule has 0 radical (unpaired) electrons. The molecule has 3 N–H and O–H groups in total. The predicted octanol–water partition coefficient (Wildman–Crippen LogP) is 2.80. The van der Waals surface area contributed by atoms with E-state index in [0.29, 0.717) is 34.1 Å². The Labute approximate surface area is 174 Å². The van der Waals surface area contributed by atoms with E-state index in [1.54, 1.807) is 43.3 Å². The van der Waals surface area contributed by atoms with E-state index in [0.717, 1.165) is 0 Å². The lowest BCUT2D eigenvalue weighted by Gasteiger charge is -2.09. The van der Waals surface area contributed by atoms with Crippen LogP contribution in [-0.4, -0.2) is 37.7 Å². The average molecular weight is 412 g/mol. The molecule has 3 amide bonds. The van der Waals surface area contributed by atoms with E-state index in [4.69, 9.17) is 9.47 Å². The van der Waals surface area contributed by atoms with E-state index < -0.39 is 5.91 Å². The molecule has 0 bridgehead atoms. The largest absolute Gasteiger partial charge is 0.493 e. The normalized spacial score (nSPS) is 10.7. The summed E-state index contributed by atoms with van der Waals surface area (Å²) in [7, 11) is 2.99. The Morgan fingerprint density at radius 2 is 1.47 bits per heavy atom. The standard InChI is InChI=1S/C21H24N4O5/c1-13(11-20(27)23-17-8-6-16(7-9-17)22-14(2)26)24-25-21(28)15-5-10-18(29-3)19(12-15)30-4/h5-10,12H,11H2,1-4H3,(H,22,26)(H,23,27)(H,25,28)/b24-13-. The molecule has 0 aliphatic rings. The van der Waals surface area contributed by atoms with E-state index in [-0.39, 0.29) is 18.2 Å². The van der Waals surface area contributed by atoms with Gasteiger partial charge in [0.25, 0.3) is 5.91 Å². The Hall–Kier alpha value is -3.88. The first-order chi connectivity index (χ1) is 14.3. The molecule has 2 aromatic carbocycles. The number of methoxy groups -OCH3 is 2. The number of nitrogens with zero attached hydrogens (tertiary/aromatic N) is 1. The van der Waals surface area contributed by atoms with Gasteiger partial charge >= 0.3 is 0 Å². The summed E-state index contributed by atoms with van der Waals surface area (Å²) in [6.45, 7) is 3.05. The summed E-state index contributed by atoms with van der Waals surface area (Å²) >= 11 is 0. The zero-order valence-corrected chi connectivity index (χ0v) is 17.2. The van der Waals surface area contributed by atoms with Crippen LogP contribution >= 0.6 is 0 Å². The van der Waals surface area contributed by atoms with Crippen LogP contribution in [0.15, 0.2) is 47.6 Å². The molecule has 0 saturated carbocycles. The van der Waals surface area contributed by atoms with Crippen molar-refractivity contribution in [2.45, 2.75) is 20.3 Å². The minimum Gasteiger partial charge on any atom is -0.493 e. The summed E-state index contributed by atoms with van der Waals surface area (Å²) < 4.78 is 10.3. The third-order valence-corrected chi connectivity index (χ3v) is 3.90. The van der Waals surface area contributed by atoms with Gasteiger partial charge in [-0.3, -0.25) is 14.4 Å². The van der Waals surface area contributed by atoms with Crippen molar-refractivity contribution >= 4 is 34.8 Å². The lowest BCUT2D eigenvalue weighted by atomic mass is 10.2. The Bertz CT molecular complexity index is 954. The summed E-state index contributed by atoms with van der Waals surface area (Å²) in [6, 6.07) is 11.5. The van der Waals surface area contributed by atoms with Crippen LogP contribution in [0.25, 0.3) is 0 Å². The number of rotatable bonds is 8. The monoisotopic (exact) mass is 412 g/mol. The highest BCUT2D eigenvalue weighted by Crippen LogP contribution is 2.27. The molecule has 158 valence electrons. The van der Waals surface area contributed by atoms with E-state index >= 15 is 0 Å². The van der Waals surface area contributed by atoms with E-state index in [1.165, 1.54) is 27.2 Å². The van der Waals surface area contributed by atoms with E-state index in [1.807, 2.05) is 0 Å². The van der Waals surface area contributed by atoms with Gasteiger partial charge in [-0.25, -0.2) is 5.43 Å². The van der Waals surface area contributed by atoms with Gasteiger partial charge in [-0.1, -0.05) is 0 Å². The van der Waals surface area contributed by atoms with Crippen LogP contribution in [0.5, 0.6) is 11.5 Å². The summed E-state index contributed by atoms with van der Waals surface area (Å²) in [5, 5.41) is 9.33.